The van der Waals surface area contributed by atoms with Crippen LogP contribution >= 0.6 is 11.3 Å². The summed E-state index contributed by atoms with van der Waals surface area (Å²) < 4.78 is 0. The van der Waals surface area contributed by atoms with Crippen molar-refractivity contribution in [2.24, 2.45) is 5.73 Å². The maximum atomic E-state index is 12.2. The molecule has 1 fully saturated rings. The third kappa shape index (κ3) is 2.73. The van der Waals surface area contributed by atoms with E-state index in [4.69, 9.17) is 5.73 Å². The zero-order valence-corrected chi connectivity index (χ0v) is 10.6. The Morgan fingerprint density at radius 1 is 1.41 bits per heavy atom. The minimum absolute atomic E-state index is 0.00218. The van der Waals surface area contributed by atoms with Gasteiger partial charge in [0.25, 0.3) is 5.91 Å². The number of nitrogens with two attached hydrogens (primary N) is 1. The normalized spacial score (nSPS) is 20.4. The quantitative estimate of drug-likeness (QED) is 0.812. The maximum Gasteiger partial charge on any atom is 0.263 e. The summed E-state index contributed by atoms with van der Waals surface area (Å²) in [4.78, 5) is 26.4. The van der Waals surface area contributed by atoms with Crippen LogP contribution in [0.4, 0.5) is 0 Å². The fourth-order valence-electron chi connectivity index (χ4n) is 1.99. The number of hydrogen-bond donors (Lipinski definition) is 1. The topological polar surface area (TPSA) is 63.4 Å². The first kappa shape index (κ1) is 12.3. The lowest BCUT2D eigenvalue weighted by molar-refractivity contribution is 0.0713. The molecule has 1 amide bonds. The molecule has 1 aromatic rings. The van der Waals surface area contributed by atoms with Crippen LogP contribution in [0.2, 0.25) is 0 Å². The van der Waals surface area contributed by atoms with Crippen molar-refractivity contribution in [3.8, 4) is 0 Å². The molecule has 92 valence electrons. The van der Waals surface area contributed by atoms with Gasteiger partial charge in [0.15, 0.2) is 5.78 Å². The van der Waals surface area contributed by atoms with E-state index >= 15 is 0 Å². The van der Waals surface area contributed by atoms with Crippen LogP contribution in [0.5, 0.6) is 0 Å². The van der Waals surface area contributed by atoms with Gasteiger partial charge >= 0.3 is 0 Å². The van der Waals surface area contributed by atoms with Gasteiger partial charge in [0.1, 0.15) is 0 Å². The highest BCUT2D eigenvalue weighted by atomic mass is 32.1. The standard InChI is InChI=1S/C12H16N2O2S/c1-8(15)10-4-5-11(17-10)12(16)14-6-2-3-9(13)7-14/h4-5,9H,2-3,6-7,13H2,1H3/t9-/m1/s1. The van der Waals surface area contributed by atoms with Crippen LogP contribution in [0.15, 0.2) is 12.1 Å². The zero-order chi connectivity index (χ0) is 12.4. The van der Waals surface area contributed by atoms with Gasteiger partial charge in [-0.3, -0.25) is 9.59 Å². The largest absolute Gasteiger partial charge is 0.336 e. The summed E-state index contributed by atoms with van der Waals surface area (Å²) in [5.74, 6) is 0.00189. The fraction of sp³-hybridized carbons (Fsp3) is 0.500. The maximum absolute atomic E-state index is 12.2. The van der Waals surface area contributed by atoms with Crippen LogP contribution in [0, 0.1) is 0 Å². The number of ketones is 1. The highest BCUT2D eigenvalue weighted by Gasteiger charge is 2.23. The second-order valence-corrected chi connectivity index (χ2v) is 5.46. The molecule has 0 unspecified atom stereocenters. The smallest absolute Gasteiger partial charge is 0.263 e. The van der Waals surface area contributed by atoms with Crippen LogP contribution in [-0.2, 0) is 0 Å². The summed E-state index contributed by atoms with van der Waals surface area (Å²) in [5.41, 5.74) is 5.85. The number of nitrogens with zero attached hydrogens (tertiary/aromatic N) is 1. The predicted octanol–water partition coefficient (Wildman–Crippen LogP) is 1.51. The van der Waals surface area contributed by atoms with Crippen molar-refractivity contribution in [3.63, 3.8) is 0 Å². The van der Waals surface area contributed by atoms with Gasteiger partial charge in [-0.15, -0.1) is 11.3 Å². The molecule has 5 heteroatoms. The third-order valence-electron chi connectivity index (χ3n) is 2.91. The van der Waals surface area contributed by atoms with Crippen molar-refractivity contribution in [1.82, 2.24) is 4.90 Å². The van der Waals surface area contributed by atoms with Crippen LogP contribution in [0.1, 0.15) is 39.1 Å². The average Bonchev–Trinajstić information content (AvgIpc) is 2.77. The minimum atomic E-state index is -0.00218. The van der Waals surface area contributed by atoms with E-state index in [0.717, 1.165) is 19.4 Å². The van der Waals surface area contributed by atoms with E-state index in [1.807, 2.05) is 0 Å². The number of thiophene rings is 1. The lowest BCUT2D eigenvalue weighted by Gasteiger charge is -2.30. The molecule has 1 aliphatic rings. The number of likely N-dealkylation sites (tertiary alicyclic amines) is 1. The van der Waals surface area contributed by atoms with E-state index in [0.29, 0.717) is 16.3 Å². The van der Waals surface area contributed by atoms with Crippen molar-refractivity contribution >= 4 is 23.0 Å². The van der Waals surface area contributed by atoms with Gasteiger partial charge < -0.3 is 10.6 Å². The lowest BCUT2D eigenvalue weighted by atomic mass is 10.1. The van der Waals surface area contributed by atoms with Crippen LogP contribution in [0.3, 0.4) is 0 Å². The van der Waals surface area contributed by atoms with Crippen LogP contribution in [0.25, 0.3) is 0 Å². The first-order valence-electron chi connectivity index (χ1n) is 5.73. The summed E-state index contributed by atoms with van der Waals surface area (Å²) in [7, 11) is 0. The van der Waals surface area contributed by atoms with Gasteiger partial charge in [0.2, 0.25) is 0 Å². The average molecular weight is 252 g/mol. The molecule has 0 bridgehead atoms. The summed E-state index contributed by atoms with van der Waals surface area (Å²) in [6, 6.07) is 3.52. The molecule has 0 aliphatic carbocycles. The van der Waals surface area contributed by atoms with Gasteiger partial charge in [0.05, 0.1) is 9.75 Å². The van der Waals surface area contributed by atoms with E-state index in [-0.39, 0.29) is 17.7 Å². The number of piperidine rings is 1. The van der Waals surface area contributed by atoms with Crippen molar-refractivity contribution in [3.05, 3.63) is 21.9 Å². The van der Waals surface area contributed by atoms with Crippen molar-refractivity contribution in [1.29, 1.82) is 0 Å². The second-order valence-electron chi connectivity index (χ2n) is 4.37. The lowest BCUT2D eigenvalue weighted by Crippen LogP contribution is -2.45. The van der Waals surface area contributed by atoms with Crippen molar-refractivity contribution in [2.45, 2.75) is 25.8 Å². The Kier molecular flexibility index (Phi) is 3.59. The summed E-state index contributed by atoms with van der Waals surface area (Å²) >= 11 is 1.26. The first-order chi connectivity index (χ1) is 8.08. The molecule has 2 heterocycles. The Bertz CT molecular complexity index is 441. The van der Waals surface area contributed by atoms with Crippen LogP contribution < -0.4 is 5.73 Å². The van der Waals surface area contributed by atoms with Gasteiger partial charge in [-0.2, -0.15) is 0 Å². The molecule has 0 radical (unpaired) electrons. The van der Waals surface area contributed by atoms with Gasteiger partial charge in [-0.25, -0.2) is 0 Å². The van der Waals surface area contributed by atoms with Gasteiger partial charge in [-0.1, -0.05) is 0 Å². The molecule has 2 N–H and O–H groups in total. The molecule has 17 heavy (non-hydrogen) atoms. The number of amides is 1. The molecule has 1 saturated heterocycles. The van der Waals surface area contributed by atoms with E-state index in [1.165, 1.54) is 18.3 Å². The van der Waals surface area contributed by atoms with Crippen molar-refractivity contribution < 1.29 is 9.59 Å². The minimum Gasteiger partial charge on any atom is -0.336 e. The Morgan fingerprint density at radius 2 is 2.12 bits per heavy atom. The number of Topliss-reactive ketones (excluding diaryl/α,β-unsaturated/α-hetero) is 1. The van der Waals surface area contributed by atoms with E-state index < -0.39 is 0 Å². The highest BCUT2D eigenvalue weighted by molar-refractivity contribution is 7.15. The number of hydrogen-bond acceptors (Lipinski definition) is 4. The molecule has 1 atom stereocenters. The summed E-state index contributed by atoms with van der Waals surface area (Å²) in [5, 5.41) is 0. The molecule has 0 aromatic carbocycles. The number of carbonyl (C=O) groups is 2. The third-order valence-corrected chi connectivity index (χ3v) is 4.08. The van der Waals surface area contributed by atoms with Gasteiger partial charge in [0, 0.05) is 19.1 Å². The van der Waals surface area contributed by atoms with Gasteiger partial charge in [-0.05, 0) is 31.9 Å². The van der Waals surface area contributed by atoms with E-state index in [2.05, 4.69) is 0 Å². The molecular weight excluding hydrogens is 236 g/mol. The molecule has 1 aliphatic heterocycles. The highest BCUT2D eigenvalue weighted by Crippen LogP contribution is 2.20. The monoisotopic (exact) mass is 252 g/mol. The van der Waals surface area contributed by atoms with E-state index in [1.54, 1.807) is 17.0 Å². The first-order valence-corrected chi connectivity index (χ1v) is 6.55. The second kappa shape index (κ2) is 4.98. The Balaban J connectivity index is 2.10. The predicted molar refractivity (Wildman–Crippen MR) is 67.4 cm³/mol. The fourth-order valence-corrected chi connectivity index (χ4v) is 2.86. The molecule has 0 spiro atoms. The number of carbonyl (C=O) groups excluding carboxylic acids is 2. The summed E-state index contributed by atoms with van der Waals surface area (Å²) in [6.07, 6.45) is 1.94. The number of rotatable bonds is 2. The van der Waals surface area contributed by atoms with E-state index in [9.17, 15) is 9.59 Å². The molecule has 1 aromatic heterocycles. The SMILES string of the molecule is CC(=O)c1ccc(C(=O)N2CCC[C@@H](N)C2)s1. The van der Waals surface area contributed by atoms with Crippen LogP contribution in [-0.4, -0.2) is 35.7 Å². The molecule has 0 saturated carbocycles. The Morgan fingerprint density at radius 3 is 2.71 bits per heavy atom. The molecular formula is C12H16N2O2S. The summed E-state index contributed by atoms with van der Waals surface area (Å²) in [6.45, 7) is 2.89. The molecule has 4 nitrogen and oxygen atoms in total. The Hall–Kier alpha value is -1.20. The zero-order valence-electron chi connectivity index (χ0n) is 9.81. The Labute approximate surface area is 104 Å². The molecule has 2 rings (SSSR count). The van der Waals surface area contributed by atoms with Crippen molar-refractivity contribution in [2.75, 3.05) is 13.1 Å².